The topological polar surface area (TPSA) is 30.7 Å². The van der Waals surface area contributed by atoms with Gasteiger partial charge in [-0.1, -0.05) is 20.8 Å². The Labute approximate surface area is 125 Å². The summed E-state index contributed by atoms with van der Waals surface area (Å²) in [6.45, 7) is 6.66. The quantitative estimate of drug-likeness (QED) is 0.714. The zero-order valence-electron chi connectivity index (χ0n) is 13.1. The molecule has 0 radical (unpaired) electrons. The van der Waals surface area contributed by atoms with Gasteiger partial charge in [-0.3, -0.25) is 9.67 Å². The molecule has 3 aromatic rings. The Hall–Kier alpha value is -2.16. The molecule has 2 aromatic heterocycles. The van der Waals surface area contributed by atoms with Crippen molar-refractivity contribution in [1.82, 2.24) is 14.8 Å². The van der Waals surface area contributed by atoms with Crippen molar-refractivity contribution in [2.45, 2.75) is 33.1 Å². The maximum absolute atomic E-state index is 4.65. The van der Waals surface area contributed by atoms with Crippen LogP contribution in [-0.2, 0) is 13.5 Å². The van der Waals surface area contributed by atoms with Gasteiger partial charge in [-0.15, -0.1) is 0 Å². The molecule has 0 aliphatic heterocycles. The van der Waals surface area contributed by atoms with Crippen molar-refractivity contribution in [3.63, 3.8) is 0 Å². The van der Waals surface area contributed by atoms with Gasteiger partial charge in [0.25, 0.3) is 0 Å². The van der Waals surface area contributed by atoms with Crippen molar-refractivity contribution in [2.24, 2.45) is 7.05 Å². The van der Waals surface area contributed by atoms with Crippen molar-refractivity contribution in [1.29, 1.82) is 0 Å². The molecular weight excluding hydrogens is 258 g/mol. The second-order valence-electron chi connectivity index (χ2n) is 5.85. The Balaban J connectivity index is 2.35. The molecule has 0 aliphatic rings. The molecule has 21 heavy (non-hydrogen) atoms. The maximum Gasteiger partial charge on any atom is 0.0784 e. The van der Waals surface area contributed by atoms with E-state index in [1.54, 1.807) is 0 Å². The fourth-order valence-corrected chi connectivity index (χ4v) is 2.82. The highest BCUT2D eigenvalue weighted by Crippen LogP contribution is 2.32. The first-order valence-corrected chi connectivity index (χ1v) is 7.50. The van der Waals surface area contributed by atoms with Gasteiger partial charge in [-0.05, 0) is 41.7 Å². The summed E-state index contributed by atoms with van der Waals surface area (Å²) in [5.41, 5.74) is 6.09. The van der Waals surface area contributed by atoms with Crippen LogP contribution in [0.2, 0.25) is 0 Å². The lowest BCUT2D eigenvalue weighted by Crippen LogP contribution is -1.95. The normalized spacial score (nSPS) is 11.5. The van der Waals surface area contributed by atoms with E-state index < -0.39 is 0 Å². The smallest absolute Gasteiger partial charge is 0.0784 e. The van der Waals surface area contributed by atoms with Gasteiger partial charge in [0.2, 0.25) is 0 Å². The molecule has 0 saturated heterocycles. The van der Waals surface area contributed by atoms with Crippen LogP contribution >= 0.6 is 0 Å². The van der Waals surface area contributed by atoms with Crippen LogP contribution in [0.3, 0.4) is 0 Å². The number of nitrogens with zero attached hydrogens (tertiary/aromatic N) is 3. The highest BCUT2D eigenvalue weighted by atomic mass is 15.2. The molecule has 0 N–H and O–H groups in total. The number of rotatable bonds is 3. The minimum atomic E-state index is 0.490. The molecule has 0 saturated carbocycles. The van der Waals surface area contributed by atoms with Crippen LogP contribution in [0.25, 0.3) is 22.0 Å². The third kappa shape index (κ3) is 2.44. The largest absolute Gasteiger partial charge is 0.275 e. The number of hydrogen-bond donors (Lipinski definition) is 0. The molecule has 0 bridgehead atoms. The summed E-state index contributed by atoms with van der Waals surface area (Å²) < 4.78 is 1.84. The lowest BCUT2D eigenvalue weighted by molar-refractivity contribution is 0.768. The molecule has 2 heterocycles. The molecule has 3 rings (SSSR count). The fourth-order valence-electron chi connectivity index (χ4n) is 2.82. The molecule has 0 fully saturated rings. The number of aryl methyl sites for hydroxylation is 2. The second kappa shape index (κ2) is 5.32. The maximum atomic E-state index is 4.65. The molecule has 1 aromatic carbocycles. The van der Waals surface area contributed by atoms with Crippen molar-refractivity contribution in [3.8, 4) is 11.1 Å². The van der Waals surface area contributed by atoms with Gasteiger partial charge >= 0.3 is 0 Å². The SMILES string of the molecule is CCc1cc(-c2cnn(C)c2)c2nccc(C(C)C)c2c1. The van der Waals surface area contributed by atoms with E-state index in [4.69, 9.17) is 0 Å². The predicted molar refractivity (Wildman–Crippen MR) is 87.4 cm³/mol. The third-order valence-electron chi connectivity index (χ3n) is 3.98. The molecule has 0 unspecified atom stereocenters. The Morgan fingerprint density at radius 2 is 2.05 bits per heavy atom. The Kier molecular flexibility index (Phi) is 3.50. The predicted octanol–water partition coefficient (Wildman–Crippen LogP) is 4.32. The highest BCUT2D eigenvalue weighted by Gasteiger charge is 2.13. The van der Waals surface area contributed by atoms with Gasteiger partial charge in [0.05, 0.1) is 11.7 Å². The molecular formula is C18H21N3. The van der Waals surface area contributed by atoms with Gasteiger partial charge in [-0.2, -0.15) is 5.10 Å². The summed E-state index contributed by atoms with van der Waals surface area (Å²) >= 11 is 0. The molecule has 0 aliphatic carbocycles. The van der Waals surface area contributed by atoms with Crippen LogP contribution in [0, 0.1) is 0 Å². The molecule has 0 spiro atoms. The lowest BCUT2D eigenvalue weighted by Gasteiger charge is -2.13. The highest BCUT2D eigenvalue weighted by molar-refractivity contribution is 5.96. The minimum Gasteiger partial charge on any atom is -0.275 e. The standard InChI is InChI=1S/C18H21N3/c1-5-13-8-16(14-10-20-21(4)11-14)18-17(9-13)15(12(2)3)6-7-19-18/h6-12H,5H2,1-4H3. The van der Waals surface area contributed by atoms with E-state index >= 15 is 0 Å². The number of hydrogen-bond acceptors (Lipinski definition) is 2. The van der Waals surface area contributed by atoms with E-state index in [0.717, 1.165) is 17.5 Å². The molecule has 3 nitrogen and oxygen atoms in total. The van der Waals surface area contributed by atoms with Gasteiger partial charge in [0.15, 0.2) is 0 Å². The van der Waals surface area contributed by atoms with Gasteiger partial charge < -0.3 is 0 Å². The molecule has 0 atom stereocenters. The van der Waals surface area contributed by atoms with Crippen LogP contribution < -0.4 is 0 Å². The fraction of sp³-hybridized carbons (Fsp3) is 0.333. The van der Waals surface area contributed by atoms with Crippen LogP contribution in [-0.4, -0.2) is 14.8 Å². The van der Waals surface area contributed by atoms with E-state index in [1.807, 2.05) is 24.1 Å². The van der Waals surface area contributed by atoms with Crippen molar-refractivity contribution in [2.75, 3.05) is 0 Å². The second-order valence-corrected chi connectivity index (χ2v) is 5.85. The first-order chi connectivity index (χ1) is 10.1. The van der Waals surface area contributed by atoms with E-state index in [2.05, 4.69) is 55.2 Å². The van der Waals surface area contributed by atoms with E-state index in [0.29, 0.717) is 5.92 Å². The summed E-state index contributed by atoms with van der Waals surface area (Å²) in [5.74, 6) is 0.490. The van der Waals surface area contributed by atoms with Crippen molar-refractivity contribution < 1.29 is 0 Å². The van der Waals surface area contributed by atoms with E-state index in [1.165, 1.54) is 22.1 Å². The number of benzene rings is 1. The Morgan fingerprint density at radius 1 is 1.24 bits per heavy atom. The van der Waals surface area contributed by atoms with E-state index in [-0.39, 0.29) is 0 Å². The number of fused-ring (bicyclic) bond motifs is 1. The molecule has 0 amide bonds. The molecule has 108 valence electrons. The van der Waals surface area contributed by atoms with Crippen LogP contribution in [0.1, 0.15) is 37.8 Å². The monoisotopic (exact) mass is 279 g/mol. The number of pyridine rings is 1. The van der Waals surface area contributed by atoms with Crippen molar-refractivity contribution in [3.05, 3.63) is 47.9 Å². The first kappa shape index (κ1) is 13.8. The lowest BCUT2D eigenvalue weighted by atomic mass is 9.93. The zero-order chi connectivity index (χ0) is 15.0. The van der Waals surface area contributed by atoms with Crippen LogP contribution in [0.15, 0.2) is 36.8 Å². The Morgan fingerprint density at radius 3 is 2.67 bits per heavy atom. The Bertz CT molecular complexity index is 784. The average Bonchev–Trinajstić information content (AvgIpc) is 2.91. The van der Waals surface area contributed by atoms with Gasteiger partial charge in [-0.25, -0.2) is 0 Å². The molecule has 3 heteroatoms. The summed E-state index contributed by atoms with van der Waals surface area (Å²) in [7, 11) is 1.95. The minimum absolute atomic E-state index is 0.490. The zero-order valence-corrected chi connectivity index (χ0v) is 13.1. The van der Waals surface area contributed by atoms with Crippen molar-refractivity contribution >= 4 is 10.9 Å². The summed E-state index contributed by atoms with van der Waals surface area (Å²) in [5, 5.41) is 5.57. The van der Waals surface area contributed by atoms with Gasteiger partial charge in [0.1, 0.15) is 0 Å². The summed E-state index contributed by atoms with van der Waals surface area (Å²) in [6.07, 6.45) is 6.91. The van der Waals surface area contributed by atoms with Crippen LogP contribution in [0.4, 0.5) is 0 Å². The summed E-state index contributed by atoms with van der Waals surface area (Å²) in [4.78, 5) is 4.65. The average molecular weight is 279 g/mol. The van der Waals surface area contributed by atoms with Crippen LogP contribution in [0.5, 0.6) is 0 Å². The number of aromatic nitrogens is 3. The van der Waals surface area contributed by atoms with Gasteiger partial charge in [0, 0.05) is 36.0 Å². The first-order valence-electron chi connectivity index (χ1n) is 7.50. The van der Waals surface area contributed by atoms with E-state index in [9.17, 15) is 0 Å². The third-order valence-corrected chi connectivity index (χ3v) is 3.98. The summed E-state index contributed by atoms with van der Waals surface area (Å²) in [6, 6.07) is 6.67.